The summed E-state index contributed by atoms with van der Waals surface area (Å²) >= 11 is 0. The molecule has 4 rings (SSSR count). The molecule has 0 saturated heterocycles. The Bertz CT molecular complexity index is 1500. The average Bonchev–Trinajstić information content (AvgIpc) is 3.25. The molecule has 0 N–H and O–H groups in total. The molecular weight excluding hydrogens is 531 g/mol. The van der Waals surface area contributed by atoms with Crippen molar-refractivity contribution in [3.05, 3.63) is 81.9 Å². The quantitative estimate of drug-likeness (QED) is 0.0933. The van der Waals surface area contributed by atoms with Gasteiger partial charge in [0, 0.05) is 11.1 Å². The number of rotatable bonds is 7. The lowest BCUT2D eigenvalue weighted by Crippen LogP contribution is -2.29. The van der Waals surface area contributed by atoms with Crippen molar-refractivity contribution in [3.63, 3.8) is 0 Å². The zero-order valence-electron chi connectivity index (χ0n) is 20.8. The van der Waals surface area contributed by atoms with E-state index in [1.54, 1.807) is 18.2 Å². The molecule has 3 aromatic rings. The monoisotopic (exact) mass is 550 g/mol. The highest BCUT2D eigenvalue weighted by Crippen LogP contribution is 2.40. The van der Waals surface area contributed by atoms with Crippen molar-refractivity contribution in [1.29, 1.82) is 0 Å². The number of halogens is 5. The van der Waals surface area contributed by atoms with Gasteiger partial charge in [-0.3, -0.25) is 4.79 Å². The van der Waals surface area contributed by atoms with Gasteiger partial charge in [-0.15, -0.1) is 0 Å². The predicted molar refractivity (Wildman–Crippen MR) is 126 cm³/mol. The number of methoxy groups -OCH3 is 2. The molecule has 0 aliphatic carbocycles. The van der Waals surface area contributed by atoms with Crippen molar-refractivity contribution in [2.75, 3.05) is 14.2 Å². The van der Waals surface area contributed by atoms with E-state index in [0.717, 1.165) is 6.92 Å². The molecule has 0 amide bonds. The van der Waals surface area contributed by atoms with Crippen LogP contribution >= 0.6 is 0 Å². The molecule has 1 heterocycles. The zero-order valence-corrected chi connectivity index (χ0v) is 20.8. The number of carbonyl (C=O) groups excluding carboxylic acids is 2. The van der Waals surface area contributed by atoms with Crippen LogP contribution in [0.15, 0.2) is 36.1 Å². The fourth-order valence-corrected chi connectivity index (χ4v) is 3.68. The number of fused-ring (bicyclic) bond motifs is 1. The SMILES string of the molecule is COc1ccc(OC)c(/C=C2\Oc3c(ccc(OC(=O)C(C)Oc4c(F)c(F)c(F)c(F)c4F)c3C)C2=O)c1. The van der Waals surface area contributed by atoms with E-state index in [9.17, 15) is 31.5 Å². The molecule has 0 radical (unpaired) electrons. The molecule has 0 bridgehead atoms. The van der Waals surface area contributed by atoms with E-state index in [1.165, 1.54) is 39.4 Å². The Hall–Kier alpha value is -4.61. The second-order valence-electron chi connectivity index (χ2n) is 8.19. The maximum absolute atomic E-state index is 13.9. The molecule has 1 unspecified atom stereocenters. The zero-order chi connectivity index (χ0) is 28.6. The fraction of sp³-hybridized carbons (Fsp3) is 0.185. The number of hydrogen-bond acceptors (Lipinski definition) is 7. The van der Waals surface area contributed by atoms with Gasteiger partial charge in [0.25, 0.3) is 0 Å². The number of allylic oxidation sites excluding steroid dienone is 1. The molecule has 0 spiro atoms. The molecule has 0 aromatic heterocycles. The van der Waals surface area contributed by atoms with Gasteiger partial charge in [0.05, 0.1) is 19.8 Å². The Labute approximate surface area is 218 Å². The Balaban J connectivity index is 1.56. The topological polar surface area (TPSA) is 80.3 Å². The number of ether oxygens (including phenoxy) is 5. The lowest BCUT2D eigenvalue weighted by atomic mass is 10.1. The van der Waals surface area contributed by atoms with Crippen molar-refractivity contribution in [2.45, 2.75) is 20.0 Å². The molecule has 1 aliphatic heterocycles. The first-order chi connectivity index (χ1) is 18.5. The highest BCUT2D eigenvalue weighted by atomic mass is 19.2. The van der Waals surface area contributed by atoms with Crippen LogP contribution in [0.25, 0.3) is 6.08 Å². The van der Waals surface area contributed by atoms with Crippen molar-refractivity contribution in [2.24, 2.45) is 0 Å². The highest BCUT2D eigenvalue weighted by Gasteiger charge is 2.33. The van der Waals surface area contributed by atoms with Crippen molar-refractivity contribution in [1.82, 2.24) is 0 Å². The van der Waals surface area contributed by atoms with E-state index in [2.05, 4.69) is 0 Å². The normalized spacial score (nSPS) is 14.1. The van der Waals surface area contributed by atoms with Gasteiger partial charge < -0.3 is 23.7 Å². The van der Waals surface area contributed by atoms with Crippen LogP contribution in [-0.4, -0.2) is 32.1 Å². The molecule has 7 nitrogen and oxygen atoms in total. The molecule has 0 saturated carbocycles. The summed E-state index contributed by atoms with van der Waals surface area (Å²) in [5, 5.41) is 0. The van der Waals surface area contributed by atoms with E-state index in [0.29, 0.717) is 17.1 Å². The molecule has 0 fully saturated rings. The first-order valence-electron chi connectivity index (χ1n) is 11.2. The molecule has 12 heteroatoms. The van der Waals surface area contributed by atoms with Crippen LogP contribution in [0, 0.1) is 36.0 Å². The first-order valence-corrected chi connectivity index (χ1v) is 11.2. The van der Waals surface area contributed by atoms with E-state index >= 15 is 0 Å². The summed E-state index contributed by atoms with van der Waals surface area (Å²) in [6.07, 6.45) is -0.334. The van der Waals surface area contributed by atoms with Crippen molar-refractivity contribution in [3.8, 4) is 28.7 Å². The fourth-order valence-electron chi connectivity index (χ4n) is 3.68. The van der Waals surface area contributed by atoms with E-state index in [4.69, 9.17) is 23.7 Å². The van der Waals surface area contributed by atoms with Crippen LogP contribution in [0.5, 0.6) is 28.7 Å². The third-order valence-electron chi connectivity index (χ3n) is 5.77. The van der Waals surface area contributed by atoms with Crippen LogP contribution in [-0.2, 0) is 4.79 Å². The molecular formula is C27H19F5O7. The minimum atomic E-state index is -2.37. The van der Waals surface area contributed by atoms with E-state index < -0.39 is 52.7 Å². The minimum Gasteiger partial charge on any atom is -0.497 e. The Morgan fingerprint density at radius 3 is 2.13 bits per heavy atom. The third kappa shape index (κ3) is 4.97. The lowest BCUT2D eigenvalue weighted by molar-refractivity contribution is -0.141. The number of carbonyl (C=O) groups is 2. The van der Waals surface area contributed by atoms with Crippen LogP contribution in [0.1, 0.15) is 28.4 Å². The van der Waals surface area contributed by atoms with E-state index in [-0.39, 0.29) is 28.4 Å². The largest absolute Gasteiger partial charge is 0.497 e. The number of Topliss-reactive ketones (excluding diaryl/α,β-unsaturated/α-hetero) is 1. The van der Waals surface area contributed by atoms with Gasteiger partial charge in [-0.2, -0.15) is 8.78 Å². The smallest absolute Gasteiger partial charge is 0.352 e. The molecule has 1 atom stereocenters. The van der Waals surface area contributed by atoms with Crippen LogP contribution in [0.2, 0.25) is 0 Å². The van der Waals surface area contributed by atoms with Gasteiger partial charge in [0.2, 0.25) is 34.9 Å². The van der Waals surface area contributed by atoms with Gasteiger partial charge >= 0.3 is 5.97 Å². The predicted octanol–water partition coefficient (Wildman–Crippen LogP) is 5.70. The molecule has 3 aromatic carbocycles. The standard InChI is InChI=1S/C27H19F5O7/c1-11-16(39-27(34)12(2)37-26-22(31)20(29)19(28)21(30)23(26)32)8-6-15-24(33)18(38-25(11)15)10-13-9-14(35-3)5-7-17(13)36-4/h5-10,12H,1-4H3/b18-10-. The van der Waals surface area contributed by atoms with Gasteiger partial charge in [0.15, 0.2) is 17.6 Å². The Morgan fingerprint density at radius 1 is 0.897 bits per heavy atom. The van der Waals surface area contributed by atoms with Crippen molar-refractivity contribution >= 4 is 17.8 Å². The lowest BCUT2D eigenvalue weighted by Gasteiger charge is -2.16. The minimum absolute atomic E-state index is 0.0499. The second kappa shape index (κ2) is 10.6. The summed E-state index contributed by atoms with van der Waals surface area (Å²) in [7, 11) is 2.93. The molecule has 1 aliphatic rings. The molecule has 204 valence electrons. The maximum atomic E-state index is 13.9. The number of hydrogen-bond donors (Lipinski definition) is 0. The molecule has 39 heavy (non-hydrogen) atoms. The first kappa shape index (κ1) is 27.4. The van der Waals surface area contributed by atoms with Gasteiger partial charge in [-0.1, -0.05) is 0 Å². The highest BCUT2D eigenvalue weighted by molar-refractivity contribution is 6.15. The van der Waals surface area contributed by atoms with Gasteiger partial charge in [-0.25, -0.2) is 18.0 Å². The van der Waals surface area contributed by atoms with Crippen molar-refractivity contribution < 1.29 is 55.2 Å². The van der Waals surface area contributed by atoms with Crippen LogP contribution < -0.4 is 23.7 Å². The number of ketones is 1. The summed E-state index contributed by atoms with van der Waals surface area (Å²) in [6, 6.07) is 7.59. The number of esters is 1. The van der Waals surface area contributed by atoms with Crippen LogP contribution in [0.3, 0.4) is 0 Å². The van der Waals surface area contributed by atoms with Gasteiger partial charge in [0.1, 0.15) is 23.0 Å². The van der Waals surface area contributed by atoms with Gasteiger partial charge in [-0.05, 0) is 50.3 Å². The summed E-state index contributed by atoms with van der Waals surface area (Å²) in [4.78, 5) is 25.5. The third-order valence-corrected chi connectivity index (χ3v) is 5.77. The Morgan fingerprint density at radius 2 is 1.51 bits per heavy atom. The summed E-state index contributed by atoms with van der Waals surface area (Å²) in [5.74, 6) is -13.7. The average molecular weight is 550 g/mol. The second-order valence-corrected chi connectivity index (χ2v) is 8.19. The summed E-state index contributed by atoms with van der Waals surface area (Å²) in [6.45, 7) is 2.48. The Kier molecular flexibility index (Phi) is 7.48. The maximum Gasteiger partial charge on any atom is 0.352 e. The van der Waals surface area contributed by atoms with E-state index in [1.807, 2.05) is 0 Å². The number of benzene rings is 3. The van der Waals surface area contributed by atoms with Crippen LogP contribution in [0.4, 0.5) is 22.0 Å². The summed E-state index contributed by atoms with van der Waals surface area (Å²) < 4.78 is 94.2. The summed E-state index contributed by atoms with van der Waals surface area (Å²) in [5.41, 5.74) is 0.890.